The molecule has 5 heteroatoms. The molecule has 2 heterocycles. The molecule has 0 aliphatic heterocycles. The first-order valence-corrected chi connectivity index (χ1v) is 5.91. The Hall–Kier alpha value is -1.33. The van der Waals surface area contributed by atoms with Crippen LogP contribution in [-0.2, 0) is 20.1 Å². The average molecular weight is 237 g/mol. The Kier molecular flexibility index (Phi) is 3.58. The van der Waals surface area contributed by atoms with E-state index in [-0.39, 0.29) is 0 Å². The summed E-state index contributed by atoms with van der Waals surface area (Å²) < 4.78 is 7.02. The third-order valence-electron chi connectivity index (χ3n) is 2.37. The van der Waals surface area contributed by atoms with Gasteiger partial charge in [-0.2, -0.15) is 5.10 Å². The molecule has 0 aromatic carbocycles. The van der Waals surface area contributed by atoms with Gasteiger partial charge in [0.05, 0.1) is 12.8 Å². The molecule has 0 spiro atoms. The summed E-state index contributed by atoms with van der Waals surface area (Å²) in [4.78, 5) is 1.28. The summed E-state index contributed by atoms with van der Waals surface area (Å²) in [5.41, 5.74) is 1.18. The lowest BCUT2D eigenvalue weighted by Gasteiger charge is -2.03. The van der Waals surface area contributed by atoms with E-state index >= 15 is 0 Å². The summed E-state index contributed by atoms with van der Waals surface area (Å²) in [7, 11) is 3.64. The lowest BCUT2D eigenvalue weighted by atomic mass is 10.4. The molecule has 2 aromatic rings. The van der Waals surface area contributed by atoms with Crippen molar-refractivity contribution in [3.63, 3.8) is 0 Å². The first-order valence-electron chi connectivity index (χ1n) is 5.10. The quantitative estimate of drug-likeness (QED) is 0.861. The van der Waals surface area contributed by atoms with Crippen LogP contribution in [0.1, 0.15) is 10.6 Å². The number of nitrogens with zero attached hydrogens (tertiary/aromatic N) is 2. The molecular formula is C11H15N3OS. The van der Waals surface area contributed by atoms with Gasteiger partial charge in [-0.1, -0.05) is 0 Å². The number of hydrogen-bond donors (Lipinski definition) is 1. The molecule has 0 radical (unpaired) electrons. The van der Waals surface area contributed by atoms with Crippen molar-refractivity contribution >= 4 is 11.3 Å². The van der Waals surface area contributed by atoms with E-state index in [2.05, 4.69) is 16.5 Å². The SMILES string of the molecule is COc1ccc(CNCc2ccnn2C)s1. The van der Waals surface area contributed by atoms with Crippen LogP contribution in [0.4, 0.5) is 0 Å². The molecule has 86 valence electrons. The van der Waals surface area contributed by atoms with Crippen LogP contribution in [0.5, 0.6) is 5.06 Å². The monoisotopic (exact) mass is 237 g/mol. The van der Waals surface area contributed by atoms with Gasteiger partial charge in [0.15, 0.2) is 5.06 Å². The number of thiophene rings is 1. The van der Waals surface area contributed by atoms with Gasteiger partial charge in [0, 0.05) is 31.2 Å². The highest BCUT2D eigenvalue weighted by Crippen LogP contribution is 2.23. The molecular weight excluding hydrogens is 222 g/mol. The average Bonchev–Trinajstić information content (AvgIpc) is 2.89. The Balaban J connectivity index is 1.82. The summed E-state index contributed by atoms with van der Waals surface area (Å²) in [6, 6.07) is 6.09. The Morgan fingerprint density at radius 1 is 1.38 bits per heavy atom. The number of ether oxygens (including phenoxy) is 1. The molecule has 16 heavy (non-hydrogen) atoms. The van der Waals surface area contributed by atoms with Gasteiger partial charge in [0.2, 0.25) is 0 Å². The molecule has 0 atom stereocenters. The number of nitrogens with one attached hydrogen (secondary N) is 1. The van der Waals surface area contributed by atoms with Crippen LogP contribution in [0.15, 0.2) is 24.4 Å². The molecule has 0 saturated heterocycles. The molecule has 0 aliphatic rings. The maximum atomic E-state index is 5.14. The van der Waals surface area contributed by atoms with Crippen molar-refractivity contribution in [2.75, 3.05) is 7.11 Å². The lowest BCUT2D eigenvalue weighted by Crippen LogP contribution is -2.14. The zero-order chi connectivity index (χ0) is 11.4. The fourth-order valence-electron chi connectivity index (χ4n) is 1.45. The summed E-state index contributed by atoms with van der Waals surface area (Å²) in [5, 5.41) is 8.45. The van der Waals surface area contributed by atoms with Crippen LogP contribution >= 0.6 is 11.3 Å². The molecule has 0 amide bonds. The predicted octanol–water partition coefficient (Wildman–Crippen LogP) is 1.78. The molecule has 0 fully saturated rings. The fourth-order valence-corrected chi connectivity index (χ4v) is 2.24. The lowest BCUT2D eigenvalue weighted by molar-refractivity contribution is 0.427. The number of aromatic nitrogens is 2. The fraction of sp³-hybridized carbons (Fsp3) is 0.364. The summed E-state index contributed by atoms with van der Waals surface area (Å²) in [6.45, 7) is 1.69. The van der Waals surface area contributed by atoms with E-state index in [4.69, 9.17) is 4.74 Å². The first kappa shape index (κ1) is 11.2. The number of methoxy groups -OCH3 is 1. The minimum Gasteiger partial charge on any atom is -0.487 e. The highest BCUT2D eigenvalue weighted by Gasteiger charge is 2.01. The van der Waals surface area contributed by atoms with Crippen LogP contribution in [0.25, 0.3) is 0 Å². The van der Waals surface area contributed by atoms with E-state index in [1.165, 1.54) is 10.6 Å². The van der Waals surface area contributed by atoms with Crippen molar-refractivity contribution in [3.05, 3.63) is 35.0 Å². The topological polar surface area (TPSA) is 39.1 Å². The molecule has 0 unspecified atom stereocenters. The molecule has 1 N–H and O–H groups in total. The van der Waals surface area contributed by atoms with Crippen LogP contribution in [-0.4, -0.2) is 16.9 Å². The van der Waals surface area contributed by atoms with Gasteiger partial charge in [-0.15, -0.1) is 11.3 Å². The van der Waals surface area contributed by atoms with Gasteiger partial charge >= 0.3 is 0 Å². The van der Waals surface area contributed by atoms with E-state index in [9.17, 15) is 0 Å². The van der Waals surface area contributed by atoms with Crippen molar-refractivity contribution in [2.45, 2.75) is 13.1 Å². The molecule has 0 bridgehead atoms. The highest BCUT2D eigenvalue weighted by atomic mass is 32.1. The summed E-state index contributed by atoms with van der Waals surface area (Å²) in [6.07, 6.45) is 1.81. The Morgan fingerprint density at radius 3 is 2.88 bits per heavy atom. The second-order valence-corrected chi connectivity index (χ2v) is 4.61. The Morgan fingerprint density at radius 2 is 2.25 bits per heavy atom. The third-order valence-corrected chi connectivity index (χ3v) is 3.41. The Labute approximate surface area is 98.9 Å². The van der Waals surface area contributed by atoms with Crippen LogP contribution in [0, 0.1) is 0 Å². The minimum atomic E-state index is 0.830. The normalized spacial score (nSPS) is 10.6. The van der Waals surface area contributed by atoms with Gasteiger partial charge in [-0.25, -0.2) is 0 Å². The number of hydrogen-bond acceptors (Lipinski definition) is 4. The van der Waals surface area contributed by atoms with Crippen molar-refractivity contribution in [1.82, 2.24) is 15.1 Å². The molecule has 2 rings (SSSR count). The smallest absolute Gasteiger partial charge is 0.173 e. The zero-order valence-electron chi connectivity index (χ0n) is 9.43. The van der Waals surface area contributed by atoms with Crippen LogP contribution < -0.4 is 10.1 Å². The first-order chi connectivity index (χ1) is 7.79. The van der Waals surface area contributed by atoms with Gasteiger partial charge in [0.1, 0.15) is 0 Å². The summed E-state index contributed by atoms with van der Waals surface area (Å²) in [5.74, 6) is 0. The van der Waals surface area contributed by atoms with Crippen LogP contribution in [0.2, 0.25) is 0 Å². The van der Waals surface area contributed by atoms with E-state index in [0.717, 1.165) is 18.2 Å². The predicted molar refractivity (Wildman–Crippen MR) is 64.6 cm³/mol. The maximum absolute atomic E-state index is 5.14. The summed E-state index contributed by atoms with van der Waals surface area (Å²) >= 11 is 1.67. The van der Waals surface area contributed by atoms with Gasteiger partial charge < -0.3 is 10.1 Å². The largest absolute Gasteiger partial charge is 0.487 e. The molecule has 0 aliphatic carbocycles. The second kappa shape index (κ2) is 5.14. The standard InChI is InChI=1S/C11H15N3OS/c1-14-9(5-6-13-14)7-12-8-10-3-4-11(15-2)16-10/h3-6,12H,7-8H2,1-2H3. The van der Waals surface area contributed by atoms with E-state index < -0.39 is 0 Å². The molecule has 2 aromatic heterocycles. The van der Waals surface area contributed by atoms with Crippen molar-refractivity contribution in [1.29, 1.82) is 0 Å². The maximum Gasteiger partial charge on any atom is 0.173 e. The zero-order valence-corrected chi connectivity index (χ0v) is 10.3. The van der Waals surface area contributed by atoms with Crippen molar-refractivity contribution in [3.8, 4) is 5.06 Å². The van der Waals surface area contributed by atoms with Gasteiger partial charge in [-0.05, 0) is 18.2 Å². The van der Waals surface area contributed by atoms with Crippen LogP contribution in [0.3, 0.4) is 0 Å². The molecule has 4 nitrogen and oxygen atoms in total. The van der Waals surface area contributed by atoms with Gasteiger partial charge in [0.25, 0.3) is 0 Å². The second-order valence-electron chi connectivity index (χ2n) is 3.47. The van der Waals surface area contributed by atoms with Crippen molar-refractivity contribution < 1.29 is 4.74 Å². The van der Waals surface area contributed by atoms with E-state index in [1.807, 2.05) is 30.1 Å². The van der Waals surface area contributed by atoms with E-state index in [0.29, 0.717) is 0 Å². The van der Waals surface area contributed by atoms with Gasteiger partial charge in [-0.3, -0.25) is 4.68 Å². The van der Waals surface area contributed by atoms with E-state index in [1.54, 1.807) is 18.4 Å². The van der Waals surface area contributed by atoms with Crippen molar-refractivity contribution in [2.24, 2.45) is 7.05 Å². The Bertz CT molecular complexity index is 450. The highest BCUT2D eigenvalue weighted by molar-refractivity contribution is 7.13. The minimum absolute atomic E-state index is 0.830. The molecule has 0 saturated carbocycles. The number of aryl methyl sites for hydroxylation is 1. The third kappa shape index (κ3) is 2.62. The number of rotatable bonds is 5.